The van der Waals surface area contributed by atoms with Gasteiger partial charge in [0.2, 0.25) is 0 Å². The van der Waals surface area contributed by atoms with Gasteiger partial charge in [-0.15, -0.1) is 0 Å². The Labute approximate surface area is 91.1 Å². The molecular weight excluding hydrogens is 184 g/mol. The summed E-state index contributed by atoms with van der Waals surface area (Å²) in [5.41, 5.74) is 0.920. The number of hydrogen-bond donors (Lipinski definition) is 1. The lowest BCUT2D eigenvalue weighted by Gasteiger charge is -2.08. The third-order valence-electron chi connectivity index (χ3n) is 2.13. The summed E-state index contributed by atoms with van der Waals surface area (Å²) >= 11 is 0. The van der Waals surface area contributed by atoms with Crippen LogP contribution in [0.3, 0.4) is 0 Å². The molecule has 1 N–H and O–H groups in total. The molecule has 73 valence electrons. The SMILES string of the molecule is OC(C#Cc1ccccc1)[C]1[CH][CH][CH][CH]1. The van der Waals surface area contributed by atoms with Crippen LogP contribution in [-0.2, 0) is 0 Å². The highest BCUT2D eigenvalue weighted by atomic mass is 16.3. The van der Waals surface area contributed by atoms with Crippen molar-refractivity contribution < 1.29 is 5.11 Å². The van der Waals surface area contributed by atoms with Gasteiger partial charge in [-0.2, -0.15) is 0 Å². The van der Waals surface area contributed by atoms with Gasteiger partial charge >= 0.3 is 0 Å². The largest absolute Gasteiger partial charge is 0.380 e. The summed E-state index contributed by atoms with van der Waals surface area (Å²) in [6.45, 7) is 0. The summed E-state index contributed by atoms with van der Waals surface area (Å²) in [6, 6.07) is 9.64. The van der Waals surface area contributed by atoms with Crippen molar-refractivity contribution in [2.45, 2.75) is 6.10 Å². The molecule has 1 heteroatoms. The minimum absolute atomic E-state index is 0.694. The molecule has 0 saturated heterocycles. The summed E-state index contributed by atoms with van der Waals surface area (Å²) in [7, 11) is 0. The van der Waals surface area contributed by atoms with Crippen molar-refractivity contribution >= 4 is 0 Å². The van der Waals surface area contributed by atoms with E-state index >= 15 is 0 Å². The summed E-state index contributed by atoms with van der Waals surface area (Å²) in [5.74, 6) is 6.59. The molecule has 1 saturated carbocycles. The topological polar surface area (TPSA) is 20.2 Å². The van der Waals surface area contributed by atoms with Gasteiger partial charge in [-0.25, -0.2) is 0 Å². The fraction of sp³-hybridized carbons (Fsp3) is 0.0714. The average molecular weight is 195 g/mol. The quantitative estimate of drug-likeness (QED) is 0.677. The van der Waals surface area contributed by atoms with Crippen LogP contribution in [0.2, 0.25) is 0 Å². The molecule has 0 aliphatic heterocycles. The zero-order chi connectivity index (χ0) is 10.5. The van der Waals surface area contributed by atoms with Gasteiger partial charge in [0, 0.05) is 11.5 Å². The van der Waals surface area contributed by atoms with Gasteiger partial charge in [0.1, 0.15) is 6.10 Å². The maximum absolute atomic E-state index is 9.70. The molecular formula is C14H11O. The van der Waals surface area contributed by atoms with Gasteiger partial charge in [-0.1, -0.05) is 30.0 Å². The predicted molar refractivity (Wildman–Crippen MR) is 59.8 cm³/mol. The summed E-state index contributed by atoms with van der Waals surface area (Å²) < 4.78 is 0. The van der Waals surface area contributed by atoms with Crippen molar-refractivity contribution in [1.82, 2.24) is 0 Å². The van der Waals surface area contributed by atoms with E-state index in [-0.39, 0.29) is 0 Å². The van der Waals surface area contributed by atoms with Crippen LogP contribution in [-0.4, -0.2) is 11.2 Å². The second kappa shape index (κ2) is 5.00. The Morgan fingerprint density at radius 2 is 1.67 bits per heavy atom. The fourth-order valence-corrected chi connectivity index (χ4v) is 1.33. The van der Waals surface area contributed by atoms with Crippen LogP contribution in [0.4, 0.5) is 0 Å². The Bertz CT molecular complexity index is 352. The lowest BCUT2D eigenvalue weighted by molar-refractivity contribution is 0.254. The van der Waals surface area contributed by atoms with Crippen LogP contribution in [0, 0.1) is 43.4 Å². The molecule has 5 radical (unpaired) electrons. The lowest BCUT2D eigenvalue weighted by Crippen LogP contribution is -2.13. The normalized spacial score (nSPS) is 18.2. The zero-order valence-electron chi connectivity index (χ0n) is 8.22. The lowest BCUT2D eigenvalue weighted by atomic mass is 10.0. The van der Waals surface area contributed by atoms with Crippen molar-refractivity contribution in [3.8, 4) is 11.8 Å². The van der Waals surface area contributed by atoms with Crippen LogP contribution in [0.15, 0.2) is 30.3 Å². The number of aliphatic hydroxyl groups is 1. The van der Waals surface area contributed by atoms with E-state index in [0.717, 1.165) is 11.5 Å². The molecule has 1 atom stereocenters. The third kappa shape index (κ3) is 2.84. The van der Waals surface area contributed by atoms with Crippen molar-refractivity contribution in [1.29, 1.82) is 0 Å². The molecule has 1 aliphatic rings. The highest BCUT2D eigenvalue weighted by Gasteiger charge is 2.23. The number of rotatable bonds is 1. The Morgan fingerprint density at radius 3 is 2.33 bits per heavy atom. The first-order valence-corrected chi connectivity index (χ1v) is 4.82. The van der Waals surface area contributed by atoms with E-state index in [4.69, 9.17) is 0 Å². The fourth-order valence-electron chi connectivity index (χ4n) is 1.33. The van der Waals surface area contributed by atoms with Crippen LogP contribution in [0.5, 0.6) is 0 Å². The molecule has 1 aliphatic carbocycles. The van der Waals surface area contributed by atoms with E-state index in [1.54, 1.807) is 0 Å². The molecule has 0 aromatic heterocycles. The van der Waals surface area contributed by atoms with E-state index in [0.29, 0.717) is 0 Å². The maximum Gasteiger partial charge on any atom is 0.121 e. The summed E-state index contributed by atoms with van der Waals surface area (Å²) in [4.78, 5) is 0. The minimum Gasteiger partial charge on any atom is -0.380 e. The molecule has 1 aromatic carbocycles. The Kier molecular flexibility index (Phi) is 3.42. The molecule has 2 rings (SSSR count). The Balaban J connectivity index is 1.99. The Morgan fingerprint density at radius 1 is 1.00 bits per heavy atom. The van der Waals surface area contributed by atoms with Crippen molar-refractivity contribution in [2.24, 2.45) is 0 Å². The van der Waals surface area contributed by atoms with Crippen molar-refractivity contribution in [3.05, 3.63) is 67.5 Å². The van der Waals surface area contributed by atoms with Crippen molar-refractivity contribution in [2.75, 3.05) is 0 Å². The van der Waals surface area contributed by atoms with Gasteiger partial charge in [-0.3, -0.25) is 0 Å². The predicted octanol–water partition coefficient (Wildman–Crippen LogP) is 1.80. The molecule has 1 nitrogen and oxygen atoms in total. The summed E-state index contributed by atoms with van der Waals surface area (Å²) in [6.07, 6.45) is 6.82. The second-order valence-electron chi connectivity index (χ2n) is 3.26. The molecule has 0 amide bonds. The third-order valence-corrected chi connectivity index (χ3v) is 2.13. The van der Waals surface area contributed by atoms with E-state index < -0.39 is 6.10 Å². The monoisotopic (exact) mass is 195 g/mol. The number of benzene rings is 1. The first-order valence-electron chi connectivity index (χ1n) is 4.82. The first-order chi connectivity index (χ1) is 7.36. The molecule has 1 fully saturated rings. The van der Waals surface area contributed by atoms with Gasteiger partial charge in [0.15, 0.2) is 0 Å². The van der Waals surface area contributed by atoms with E-state index in [1.807, 2.05) is 56.0 Å². The molecule has 1 unspecified atom stereocenters. The summed E-state index contributed by atoms with van der Waals surface area (Å²) in [5, 5.41) is 9.70. The van der Waals surface area contributed by atoms with E-state index in [9.17, 15) is 5.11 Å². The smallest absolute Gasteiger partial charge is 0.121 e. The highest BCUT2D eigenvalue weighted by molar-refractivity contribution is 5.43. The number of hydrogen-bond acceptors (Lipinski definition) is 1. The van der Waals surface area contributed by atoms with Crippen LogP contribution < -0.4 is 0 Å². The van der Waals surface area contributed by atoms with Gasteiger partial charge in [-0.05, 0) is 37.8 Å². The van der Waals surface area contributed by atoms with Gasteiger partial charge in [0.05, 0.1) is 0 Å². The zero-order valence-corrected chi connectivity index (χ0v) is 8.22. The standard InChI is InChI=1S/C14H11O/c15-14(13-8-4-5-9-13)11-10-12-6-2-1-3-7-12/h1-9,14-15H. The van der Waals surface area contributed by atoms with E-state index in [2.05, 4.69) is 11.8 Å². The average Bonchev–Trinajstić information content (AvgIpc) is 2.81. The molecule has 1 aromatic rings. The molecule has 15 heavy (non-hydrogen) atoms. The van der Waals surface area contributed by atoms with Crippen LogP contribution in [0.25, 0.3) is 0 Å². The molecule has 0 bridgehead atoms. The highest BCUT2D eigenvalue weighted by Crippen LogP contribution is 2.25. The first kappa shape index (κ1) is 10.3. The van der Waals surface area contributed by atoms with E-state index in [1.165, 1.54) is 0 Å². The van der Waals surface area contributed by atoms with Gasteiger partial charge < -0.3 is 5.11 Å². The van der Waals surface area contributed by atoms with Gasteiger partial charge in [0.25, 0.3) is 0 Å². The second-order valence-corrected chi connectivity index (χ2v) is 3.26. The molecule has 0 heterocycles. The maximum atomic E-state index is 9.70. The van der Waals surface area contributed by atoms with Crippen LogP contribution >= 0.6 is 0 Å². The van der Waals surface area contributed by atoms with Crippen molar-refractivity contribution in [3.63, 3.8) is 0 Å². The minimum atomic E-state index is -0.694. The molecule has 0 spiro atoms. The van der Waals surface area contributed by atoms with Crippen LogP contribution in [0.1, 0.15) is 5.56 Å². The Hall–Kier alpha value is -1.26. The number of aliphatic hydroxyl groups excluding tert-OH is 1.